The highest BCUT2D eigenvalue weighted by Crippen LogP contribution is 2.28. The van der Waals surface area contributed by atoms with Crippen molar-refractivity contribution in [2.75, 3.05) is 13.7 Å². The molecule has 29 heavy (non-hydrogen) atoms. The minimum Gasteiger partial charge on any atom is -0.496 e. The number of methoxy groups -OCH3 is 1. The van der Waals surface area contributed by atoms with Crippen LogP contribution in [0.15, 0.2) is 28.4 Å². The molecule has 1 fully saturated rings. The first-order valence-electron chi connectivity index (χ1n) is 10.8. The molecule has 4 nitrogen and oxygen atoms in total. The maximum atomic E-state index is 12.6. The molecule has 0 heterocycles. The smallest absolute Gasteiger partial charge is 0.314 e. The van der Waals surface area contributed by atoms with Crippen molar-refractivity contribution < 1.29 is 19.0 Å². The molecule has 0 N–H and O–H groups in total. The first-order valence-corrected chi connectivity index (χ1v) is 11.6. The quantitative estimate of drug-likeness (QED) is 0.228. The Morgan fingerprint density at radius 2 is 1.86 bits per heavy atom. The molecule has 162 valence electrons. The van der Waals surface area contributed by atoms with E-state index in [2.05, 4.69) is 35.8 Å². The van der Waals surface area contributed by atoms with Crippen LogP contribution >= 0.6 is 15.9 Å². The molecule has 0 saturated heterocycles. The topological polar surface area (TPSA) is 44.8 Å². The van der Waals surface area contributed by atoms with Gasteiger partial charge >= 0.3 is 5.97 Å². The molecule has 0 atom stereocenters. The molecule has 0 bridgehead atoms. The summed E-state index contributed by atoms with van der Waals surface area (Å²) in [5.41, 5.74) is 1.18. The van der Waals surface area contributed by atoms with E-state index in [1.54, 1.807) is 7.11 Å². The summed E-state index contributed by atoms with van der Waals surface area (Å²) in [5.74, 6) is 2.58. The van der Waals surface area contributed by atoms with Crippen molar-refractivity contribution in [2.24, 2.45) is 11.8 Å². The Bertz CT molecular complexity index is 684. The Balaban J connectivity index is 1.97. The van der Waals surface area contributed by atoms with Gasteiger partial charge in [0, 0.05) is 10.5 Å². The van der Waals surface area contributed by atoms with Crippen LogP contribution in [0.2, 0.25) is 0 Å². The zero-order valence-electron chi connectivity index (χ0n) is 18.3. The standard InChI is InChI=1S/C24H35BrO4/c1-17(2)11-12-19-13-14-21(15-22(19)27-4)28-16-23(18(3)25)29-24(26)20-9-7-5-6-8-10-20/h13-15,17,20H,5-12,16H2,1-4H3/b23-18-. The van der Waals surface area contributed by atoms with Crippen molar-refractivity contribution in [3.63, 3.8) is 0 Å². The highest BCUT2D eigenvalue weighted by atomic mass is 79.9. The number of halogens is 1. The van der Waals surface area contributed by atoms with Gasteiger partial charge in [0.1, 0.15) is 18.1 Å². The van der Waals surface area contributed by atoms with E-state index in [0.717, 1.165) is 48.8 Å². The minimum atomic E-state index is -0.133. The summed E-state index contributed by atoms with van der Waals surface area (Å²) in [5, 5.41) is 0. The third-order valence-corrected chi connectivity index (χ3v) is 5.86. The van der Waals surface area contributed by atoms with Gasteiger partial charge in [-0.25, -0.2) is 0 Å². The number of allylic oxidation sites excluding steroid dienone is 1. The third-order valence-electron chi connectivity index (χ3n) is 5.42. The van der Waals surface area contributed by atoms with E-state index in [-0.39, 0.29) is 18.5 Å². The first-order chi connectivity index (χ1) is 13.9. The van der Waals surface area contributed by atoms with Crippen LogP contribution in [0.1, 0.15) is 71.3 Å². The average molecular weight is 467 g/mol. The number of carbonyl (C=O) groups excluding carboxylic acids is 1. The Morgan fingerprint density at radius 3 is 2.45 bits per heavy atom. The highest BCUT2D eigenvalue weighted by Gasteiger charge is 2.23. The summed E-state index contributed by atoms with van der Waals surface area (Å²) in [6.07, 6.45) is 8.56. The maximum absolute atomic E-state index is 12.6. The molecule has 0 unspecified atom stereocenters. The van der Waals surface area contributed by atoms with Gasteiger partial charge in [0.05, 0.1) is 13.0 Å². The van der Waals surface area contributed by atoms with Crippen molar-refractivity contribution in [3.05, 3.63) is 34.0 Å². The Kier molecular flexibility index (Phi) is 10.1. The van der Waals surface area contributed by atoms with Gasteiger partial charge in [0.25, 0.3) is 0 Å². The fourth-order valence-corrected chi connectivity index (χ4v) is 3.73. The number of aryl methyl sites for hydroxylation is 1. The van der Waals surface area contributed by atoms with Crippen LogP contribution in [0.4, 0.5) is 0 Å². The third kappa shape index (κ3) is 8.04. The zero-order valence-corrected chi connectivity index (χ0v) is 19.8. The van der Waals surface area contributed by atoms with Crippen LogP contribution in [0.3, 0.4) is 0 Å². The summed E-state index contributed by atoms with van der Waals surface area (Å²) in [6, 6.07) is 5.91. The highest BCUT2D eigenvalue weighted by molar-refractivity contribution is 9.11. The molecule has 0 aliphatic heterocycles. The Morgan fingerprint density at radius 1 is 1.17 bits per heavy atom. The number of rotatable bonds is 9. The normalized spacial score (nSPS) is 16.2. The number of esters is 1. The van der Waals surface area contributed by atoms with Crippen LogP contribution in [-0.2, 0) is 16.0 Å². The number of hydrogen-bond acceptors (Lipinski definition) is 4. The van der Waals surface area contributed by atoms with Gasteiger partial charge in [-0.15, -0.1) is 0 Å². The predicted molar refractivity (Wildman–Crippen MR) is 121 cm³/mol. The van der Waals surface area contributed by atoms with E-state index in [1.165, 1.54) is 18.4 Å². The largest absolute Gasteiger partial charge is 0.496 e. The lowest BCUT2D eigenvalue weighted by Gasteiger charge is -2.17. The fraction of sp³-hybridized carbons (Fsp3) is 0.625. The second-order valence-corrected chi connectivity index (χ2v) is 9.45. The van der Waals surface area contributed by atoms with Crippen molar-refractivity contribution in [2.45, 2.75) is 72.1 Å². The van der Waals surface area contributed by atoms with E-state index < -0.39 is 0 Å². The number of hydrogen-bond donors (Lipinski definition) is 0. The molecule has 2 rings (SSSR count). The Labute approximate surface area is 184 Å². The zero-order chi connectivity index (χ0) is 21.2. The van der Waals surface area contributed by atoms with E-state index in [9.17, 15) is 4.79 Å². The Hall–Kier alpha value is -1.49. The molecule has 1 aliphatic carbocycles. The van der Waals surface area contributed by atoms with Gasteiger partial charge in [-0.2, -0.15) is 0 Å². The molecule has 1 aromatic carbocycles. The molecule has 1 aromatic rings. The molecule has 5 heteroatoms. The summed E-state index contributed by atoms with van der Waals surface area (Å²) >= 11 is 3.45. The van der Waals surface area contributed by atoms with Gasteiger partial charge in [0.15, 0.2) is 5.76 Å². The molecular formula is C24H35BrO4. The second-order valence-electron chi connectivity index (χ2n) is 8.26. The van der Waals surface area contributed by atoms with E-state index in [0.29, 0.717) is 17.4 Å². The van der Waals surface area contributed by atoms with Gasteiger partial charge < -0.3 is 14.2 Å². The molecule has 0 radical (unpaired) electrons. The second kappa shape index (κ2) is 12.3. The summed E-state index contributed by atoms with van der Waals surface area (Å²) < 4.78 is 18.0. The lowest BCUT2D eigenvalue weighted by atomic mass is 10.0. The summed E-state index contributed by atoms with van der Waals surface area (Å²) in [7, 11) is 1.68. The molecule has 1 saturated carbocycles. The molecular weight excluding hydrogens is 432 g/mol. The van der Waals surface area contributed by atoms with Crippen LogP contribution in [0.25, 0.3) is 0 Å². The maximum Gasteiger partial charge on any atom is 0.314 e. The van der Waals surface area contributed by atoms with E-state index in [1.807, 2.05) is 19.1 Å². The molecule has 0 spiro atoms. The van der Waals surface area contributed by atoms with Crippen molar-refractivity contribution in [3.8, 4) is 11.5 Å². The monoisotopic (exact) mass is 466 g/mol. The lowest BCUT2D eigenvalue weighted by molar-refractivity contribution is -0.145. The van der Waals surface area contributed by atoms with Crippen LogP contribution < -0.4 is 9.47 Å². The van der Waals surface area contributed by atoms with E-state index in [4.69, 9.17) is 14.2 Å². The number of benzene rings is 1. The summed E-state index contributed by atoms with van der Waals surface area (Å²) in [4.78, 5) is 12.6. The van der Waals surface area contributed by atoms with Gasteiger partial charge in [-0.05, 0) is 50.2 Å². The van der Waals surface area contributed by atoms with Crippen LogP contribution in [0.5, 0.6) is 11.5 Å². The minimum absolute atomic E-state index is 0.000292. The first kappa shape index (κ1) is 23.8. The van der Waals surface area contributed by atoms with Gasteiger partial charge in [-0.3, -0.25) is 4.79 Å². The number of ether oxygens (including phenoxy) is 3. The van der Waals surface area contributed by atoms with E-state index >= 15 is 0 Å². The summed E-state index contributed by atoms with van der Waals surface area (Å²) in [6.45, 7) is 6.51. The van der Waals surface area contributed by atoms with Crippen molar-refractivity contribution in [1.29, 1.82) is 0 Å². The predicted octanol–water partition coefficient (Wildman–Crippen LogP) is 6.80. The molecule has 1 aliphatic rings. The SMILES string of the molecule is COc1cc(OC/C(OC(=O)C2CCCCCC2)=C(\C)Br)ccc1CCC(C)C. The van der Waals surface area contributed by atoms with Gasteiger partial charge in [0.2, 0.25) is 0 Å². The number of carbonyl (C=O) groups is 1. The van der Waals surface area contributed by atoms with Crippen molar-refractivity contribution in [1.82, 2.24) is 0 Å². The molecule has 0 amide bonds. The lowest BCUT2D eigenvalue weighted by Crippen LogP contribution is -2.19. The fourth-order valence-electron chi connectivity index (χ4n) is 3.53. The van der Waals surface area contributed by atoms with Crippen LogP contribution in [0, 0.1) is 11.8 Å². The van der Waals surface area contributed by atoms with Gasteiger partial charge in [-0.1, -0.05) is 61.5 Å². The van der Waals surface area contributed by atoms with Crippen molar-refractivity contribution >= 4 is 21.9 Å². The molecule has 0 aromatic heterocycles. The van der Waals surface area contributed by atoms with Crippen LogP contribution in [-0.4, -0.2) is 19.7 Å². The average Bonchev–Trinajstić information content (AvgIpc) is 2.98.